The summed E-state index contributed by atoms with van der Waals surface area (Å²) >= 11 is 2.95. The van der Waals surface area contributed by atoms with Gasteiger partial charge in [0.15, 0.2) is 0 Å². The van der Waals surface area contributed by atoms with E-state index >= 15 is 0 Å². The summed E-state index contributed by atoms with van der Waals surface area (Å²) in [5.41, 5.74) is 2.53. The van der Waals surface area contributed by atoms with E-state index in [0.29, 0.717) is 28.7 Å². The second-order valence-electron chi connectivity index (χ2n) is 8.08. The van der Waals surface area contributed by atoms with Gasteiger partial charge in [0, 0.05) is 23.2 Å². The number of piperidine rings is 1. The highest BCUT2D eigenvalue weighted by atomic mass is 32.2. The zero-order chi connectivity index (χ0) is 23.4. The number of nitrogens with one attached hydrogen (secondary N) is 2. The molecule has 10 heteroatoms. The van der Waals surface area contributed by atoms with Crippen molar-refractivity contribution in [2.45, 2.75) is 30.6 Å². The fraction of sp³-hybridized carbons (Fsp3) is 0.391. The van der Waals surface area contributed by atoms with Crippen molar-refractivity contribution >= 4 is 40.6 Å². The lowest BCUT2D eigenvalue weighted by atomic mass is 9.97. The van der Waals surface area contributed by atoms with Gasteiger partial charge >= 0.3 is 0 Å². The molecule has 1 saturated heterocycles. The van der Waals surface area contributed by atoms with Crippen molar-refractivity contribution in [1.29, 1.82) is 0 Å². The average Bonchev–Trinajstić information content (AvgIpc) is 3.44. The number of rotatable bonds is 7. The van der Waals surface area contributed by atoms with Gasteiger partial charge in [0.1, 0.15) is 21.5 Å². The smallest absolute Gasteiger partial charge is 0.271 e. The molecule has 1 aromatic carbocycles. The van der Waals surface area contributed by atoms with Crippen LogP contribution in [0.3, 0.4) is 0 Å². The number of carbonyl (C=O) groups excluding carboxylic acids is 2. The first-order chi connectivity index (χ1) is 15.9. The molecule has 174 valence electrons. The van der Waals surface area contributed by atoms with Crippen LogP contribution >= 0.6 is 23.1 Å². The van der Waals surface area contributed by atoms with Crippen LogP contribution in [0.2, 0.25) is 0 Å². The number of aromatic nitrogens is 2. The molecule has 0 bridgehead atoms. The van der Waals surface area contributed by atoms with Crippen LogP contribution < -0.4 is 10.6 Å². The molecular weight excluding hydrogens is 458 g/mol. The van der Waals surface area contributed by atoms with Crippen LogP contribution in [0.15, 0.2) is 38.4 Å². The van der Waals surface area contributed by atoms with Gasteiger partial charge < -0.3 is 20.0 Å². The minimum atomic E-state index is -0.242. The second kappa shape index (κ2) is 10.5. The van der Waals surface area contributed by atoms with Crippen LogP contribution in [0.1, 0.15) is 34.8 Å². The minimum absolute atomic E-state index is 0.00341. The molecule has 1 aliphatic rings. The summed E-state index contributed by atoms with van der Waals surface area (Å²) in [5.74, 6) is 0.874. The van der Waals surface area contributed by atoms with E-state index in [0.717, 1.165) is 35.8 Å². The van der Waals surface area contributed by atoms with Gasteiger partial charge in [-0.2, -0.15) is 0 Å². The molecule has 3 aromatic rings. The molecule has 0 spiro atoms. The predicted molar refractivity (Wildman–Crippen MR) is 131 cm³/mol. The molecule has 1 fully saturated rings. The first-order valence-electron chi connectivity index (χ1n) is 10.8. The zero-order valence-electron chi connectivity index (χ0n) is 18.9. The Hall–Kier alpha value is -2.69. The van der Waals surface area contributed by atoms with Gasteiger partial charge in [0.2, 0.25) is 11.8 Å². The largest absolute Gasteiger partial charge is 0.441 e. The Morgan fingerprint density at radius 3 is 2.94 bits per heavy atom. The Balaban J connectivity index is 1.40. The fourth-order valence-electron chi connectivity index (χ4n) is 3.78. The highest BCUT2D eigenvalue weighted by Crippen LogP contribution is 2.26. The van der Waals surface area contributed by atoms with E-state index in [1.165, 1.54) is 23.1 Å². The van der Waals surface area contributed by atoms with Crippen molar-refractivity contribution in [3.05, 3.63) is 46.8 Å². The molecule has 1 atom stereocenters. The fourth-order valence-corrected chi connectivity index (χ4v) is 5.02. The normalized spacial score (nSPS) is 16.5. The number of oxazole rings is 1. The first-order valence-corrected chi connectivity index (χ1v) is 12.9. The molecule has 1 aliphatic heterocycles. The quantitative estimate of drug-likeness (QED) is 0.487. The van der Waals surface area contributed by atoms with Crippen LogP contribution in [-0.4, -0.2) is 53.1 Å². The molecule has 0 aliphatic carbocycles. The van der Waals surface area contributed by atoms with Crippen molar-refractivity contribution in [1.82, 2.24) is 20.2 Å². The highest BCUT2D eigenvalue weighted by Gasteiger charge is 2.24. The number of nitrogens with zero attached hydrogens (tertiary/aromatic N) is 3. The van der Waals surface area contributed by atoms with Crippen molar-refractivity contribution in [3.63, 3.8) is 0 Å². The van der Waals surface area contributed by atoms with Gasteiger partial charge in [-0.25, -0.2) is 9.97 Å². The summed E-state index contributed by atoms with van der Waals surface area (Å²) in [6.07, 6.45) is 3.87. The van der Waals surface area contributed by atoms with E-state index in [-0.39, 0.29) is 24.3 Å². The molecule has 2 N–H and O–H groups in total. The van der Waals surface area contributed by atoms with Gasteiger partial charge in [0.25, 0.3) is 5.91 Å². The van der Waals surface area contributed by atoms with E-state index in [9.17, 15) is 9.59 Å². The van der Waals surface area contributed by atoms with E-state index in [1.807, 2.05) is 44.5 Å². The van der Waals surface area contributed by atoms with Crippen molar-refractivity contribution < 1.29 is 14.0 Å². The summed E-state index contributed by atoms with van der Waals surface area (Å²) in [6.45, 7) is 3.87. The Morgan fingerprint density at radius 1 is 1.33 bits per heavy atom. The van der Waals surface area contributed by atoms with E-state index < -0.39 is 0 Å². The second-order valence-corrected chi connectivity index (χ2v) is 9.99. The molecule has 3 heterocycles. The summed E-state index contributed by atoms with van der Waals surface area (Å²) < 4.78 is 6.70. The number of carbonyl (C=O) groups is 2. The lowest BCUT2D eigenvalue weighted by Crippen LogP contribution is -2.38. The SMILES string of the molecule is CSc1nc(C(=O)NCc2nc(-c3cccc(NC(=O)C4CCCN(C)C4)c3)oc2C)cs1. The topological polar surface area (TPSA) is 100 Å². The average molecular weight is 486 g/mol. The molecule has 4 rings (SSSR count). The lowest BCUT2D eigenvalue weighted by molar-refractivity contribution is -0.121. The Morgan fingerprint density at radius 2 is 2.18 bits per heavy atom. The monoisotopic (exact) mass is 485 g/mol. The molecule has 2 aromatic heterocycles. The number of aryl methyl sites for hydroxylation is 1. The van der Waals surface area contributed by atoms with E-state index in [1.54, 1.807) is 5.38 Å². The number of thiazole rings is 1. The number of likely N-dealkylation sites (tertiary alicyclic amines) is 1. The maximum absolute atomic E-state index is 12.7. The van der Waals surface area contributed by atoms with Gasteiger partial charge in [-0.05, 0) is 57.8 Å². The number of benzene rings is 1. The van der Waals surface area contributed by atoms with Gasteiger partial charge in [0.05, 0.1) is 12.5 Å². The molecule has 2 amide bonds. The molecule has 1 unspecified atom stereocenters. The van der Waals surface area contributed by atoms with Crippen LogP contribution in [-0.2, 0) is 11.3 Å². The van der Waals surface area contributed by atoms with Gasteiger partial charge in [-0.15, -0.1) is 11.3 Å². The van der Waals surface area contributed by atoms with Crippen molar-refractivity contribution in [3.8, 4) is 11.5 Å². The van der Waals surface area contributed by atoms with Crippen molar-refractivity contribution in [2.24, 2.45) is 5.92 Å². The van der Waals surface area contributed by atoms with Gasteiger partial charge in [-0.3, -0.25) is 9.59 Å². The zero-order valence-corrected chi connectivity index (χ0v) is 20.5. The molecular formula is C23H27N5O3S2. The third-order valence-corrected chi connectivity index (χ3v) is 7.43. The molecule has 8 nitrogen and oxygen atoms in total. The summed E-state index contributed by atoms with van der Waals surface area (Å²) in [6, 6.07) is 7.47. The molecule has 33 heavy (non-hydrogen) atoms. The predicted octanol–water partition coefficient (Wildman–Crippen LogP) is 4.04. The summed E-state index contributed by atoms with van der Waals surface area (Å²) in [7, 11) is 2.05. The standard InChI is InChI=1S/C23H27N5O3S2/c1-14-18(11-24-21(30)19-13-33-23(27-19)32-3)26-22(31-14)15-6-4-8-17(10-15)25-20(29)16-7-5-9-28(2)12-16/h4,6,8,10,13,16H,5,7,9,11-12H2,1-3H3,(H,24,30)(H,25,29). The van der Waals surface area contributed by atoms with E-state index in [4.69, 9.17) is 4.42 Å². The third kappa shape index (κ3) is 5.82. The lowest BCUT2D eigenvalue weighted by Gasteiger charge is -2.28. The maximum Gasteiger partial charge on any atom is 0.271 e. The number of anilines is 1. The maximum atomic E-state index is 12.7. The van der Waals surface area contributed by atoms with Crippen molar-refractivity contribution in [2.75, 3.05) is 31.7 Å². The first kappa shape index (κ1) is 23.5. The Labute approximate surface area is 201 Å². The molecule has 0 saturated carbocycles. The van der Waals surface area contributed by atoms with Crippen LogP contribution in [0.4, 0.5) is 5.69 Å². The highest BCUT2D eigenvalue weighted by molar-refractivity contribution is 8.00. The minimum Gasteiger partial charge on any atom is -0.441 e. The molecule has 0 radical (unpaired) electrons. The summed E-state index contributed by atoms with van der Waals surface area (Å²) in [4.78, 5) is 36.1. The van der Waals surface area contributed by atoms with Crippen LogP contribution in [0.5, 0.6) is 0 Å². The third-order valence-electron chi connectivity index (χ3n) is 5.57. The number of amides is 2. The number of thioether (sulfide) groups is 1. The van der Waals surface area contributed by atoms with Crippen LogP contribution in [0.25, 0.3) is 11.5 Å². The van der Waals surface area contributed by atoms with E-state index in [2.05, 4.69) is 25.5 Å². The van der Waals surface area contributed by atoms with Gasteiger partial charge in [-0.1, -0.05) is 17.8 Å². The number of hydrogen-bond donors (Lipinski definition) is 2. The summed E-state index contributed by atoms with van der Waals surface area (Å²) in [5, 5.41) is 7.62. The van der Waals surface area contributed by atoms with Crippen LogP contribution in [0, 0.1) is 12.8 Å². The Bertz CT molecular complexity index is 1140. The number of hydrogen-bond acceptors (Lipinski definition) is 8. The Kier molecular flexibility index (Phi) is 7.46.